The van der Waals surface area contributed by atoms with Gasteiger partial charge in [-0.1, -0.05) is 41.7 Å². The Hall–Kier alpha value is -4.16. The predicted octanol–water partition coefficient (Wildman–Crippen LogP) is 8.28. The number of H-pyrrole nitrogens is 1. The van der Waals surface area contributed by atoms with Crippen molar-refractivity contribution in [1.82, 2.24) is 24.4 Å². The van der Waals surface area contributed by atoms with Crippen molar-refractivity contribution in [3.05, 3.63) is 63.7 Å². The van der Waals surface area contributed by atoms with Gasteiger partial charge in [-0.2, -0.15) is 36.5 Å². The highest BCUT2D eigenvalue weighted by atomic mass is 79.9. The molecule has 59 heavy (non-hydrogen) atoms. The number of hydrogen-bond acceptors (Lipinski definition) is 9. The maximum absolute atomic E-state index is 12.9. The van der Waals surface area contributed by atoms with Crippen LogP contribution in [0.1, 0.15) is 54.7 Å². The molecule has 0 saturated heterocycles. The van der Waals surface area contributed by atoms with Crippen molar-refractivity contribution in [2.75, 3.05) is 31.9 Å². The van der Waals surface area contributed by atoms with E-state index in [1.54, 1.807) is 24.4 Å². The number of aromatic amines is 1. The number of nitrogens with one attached hydrogen (secondary N) is 3. The molecule has 0 spiro atoms. The molecule has 0 fully saturated rings. The fourth-order valence-corrected chi connectivity index (χ4v) is 7.38. The number of guanidine groups is 2. The molecular formula is C35H46Br2F6N10O4S2. The van der Waals surface area contributed by atoms with E-state index in [-0.39, 0.29) is 50.9 Å². The van der Waals surface area contributed by atoms with Gasteiger partial charge in [0.15, 0.2) is 0 Å². The molecule has 2 aromatic carbocycles. The summed E-state index contributed by atoms with van der Waals surface area (Å²) >= 11 is 5.41. The van der Waals surface area contributed by atoms with Crippen molar-refractivity contribution in [2.45, 2.75) is 71.1 Å². The van der Waals surface area contributed by atoms with Crippen LogP contribution in [0.3, 0.4) is 0 Å². The van der Waals surface area contributed by atoms with Crippen LogP contribution in [0.2, 0.25) is 0 Å². The fraction of sp³-hybridized carbons (Fsp3) is 0.429. The normalized spacial score (nSPS) is 16.5. The Morgan fingerprint density at radius 2 is 1.27 bits per heavy atom. The lowest BCUT2D eigenvalue weighted by Gasteiger charge is -2.21. The Morgan fingerprint density at radius 3 is 1.63 bits per heavy atom. The fourth-order valence-electron chi connectivity index (χ4n) is 4.74. The summed E-state index contributed by atoms with van der Waals surface area (Å²) in [5.74, 6) is 0.275. The Morgan fingerprint density at radius 1 is 0.847 bits per heavy atom. The van der Waals surface area contributed by atoms with Gasteiger partial charge < -0.3 is 10.7 Å². The molecule has 2 aliphatic heterocycles. The van der Waals surface area contributed by atoms with Gasteiger partial charge in [-0.05, 0) is 88.2 Å². The summed E-state index contributed by atoms with van der Waals surface area (Å²) in [4.78, 5) is 10.6. The maximum atomic E-state index is 12.9. The van der Waals surface area contributed by atoms with Crippen molar-refractivity contribution in [2.24, 2.45) is 31.0 Å². The van der Waals surface area contributed by atoms with Gasteiger partial charge in [0.25, 0.3) is 20.0 Å². The molecular weight excluding hydrogens is 962 g/mol. The van der Waals surface area contributed by atoms with E-state index < -0.39 is 42.6 Å². The number of nitrogen functional groups attached to an aromatic ring is 1. The molecule has 1 aromatic heterocycles. The number of halogens is 8. The van der Waals surface area contributed by atoms with Crippen molar-refractivity contribution in [3.8, 4) is 0 Å². The molecule has 0 radical (unpaired) electrons. The van der Waals surface area contributed by atoms with Crippen molar-refractivity contribution in [3.63, 3.8) is 0 Å². The molecule has 5 N–H and O–H groups in total. The summed E-state index contributed by atoms with van der Waals surface area (Å²) in [7, 11) is -7.84. The van der Waals surface area contributed by atoms with Crippen molar-refractivity contribution >= 4 is 92.8 Å². The van der Waals surface area contributed by atoms with Crippen LogP contribution < -0.4 is 15.2 Å². The van der Waals surface area contributed by atoms with Gasteiger partial charge in [-0.25, -0.2) is 36.3 Å². The molecule has 2 aliphatic rings. The smallest absolute Gasteiger partial charge is 0.398 e. The van der Waals surface area contributed by atoms with E-state index in [1.807, 2.05) is 34.6 Å². The molecule has 24 heteroatoms. The highest BCUT2D eigenvalue weighted by Gasteiger charge is 2.34. The zero-order valence-electron chi connectivity index (χ0n) is 32.0. The number of rotatable bonds is 6. The van der Waals surface area contributed by atoms with E-state index in [9.17, 15) is 43.2 Å². The van der Waals surface area contributed by atoms with E-state index in [4.69, 9.17) is 5.73 Å². The largest absolute Gasteiger partial charge is 0.431 e. The van der Waals surface area contributed by atoms with E-state index >= 15 is 0 Å². The standard InChI is InChI=1S/C17H20F3N5O2S.C14H20BrN5O2S.C3H2BrF3.CH4/c1-4-21-15(25-10-16(2,3)9-22-25)24-28(26,27)12-5-6-13-11(7-12)8-14(23-13)17(18,19)20;1-4-17-13(20-9-14(2,3)8-18-20)19-23(21,22)10-5-6-12(16)11(15)7-10;1-2(4)3(5,6)7;/h5-9,23H,4,10H2,1-3H3,(H,21,24);5-8H,4,9,16H2,1-3H3,(H,17,19);1H2;1H4. The Labute approximate surface area is 356 Å². The SMILES string of the molecule is C.C=C(Br)C(F)(F)F.CCN=C(NS(=O)(=O)c1ccc(N)c(Br)c1)N1CC(C)(C)C=N1.CCN=C(NS(=O)(=O)c1ccc2[nH]c(C(F)(F)F)cc2c1)N1CC(C)(C)C=N1. The highest BCUT2D eigenvalue weighted by molar-refractivity contribution is 9.11. The number of allylic oxidation sites excluding steroid dienone is 1. The third-order valence-electron chi connectivity index (χ3n) is 7.56. The number of alkyl halides is 6. The first-order valence-corrected chi connectivity index (χ1v) is 21.5. The van der Waals surface area contributed by atoms with E-state index in [0.717, 1.165) is 6.07 Å². The minimum atomic E-state index is -4.54. The van der Waals surface area contributed by atoms with Gasteiger partial charge in [0, 0.05) is 57.4 Å². The van der Waals surface area contributed by atoms with Crippen LogP contribution in [0.4, 0.5) is 32.0 Å². The highest BCUT2D eigenvalue weighted by Crippen LogP contribution is 2.32. The number of anilines is 1. The molecule has 0 atom stereocenters. The van der Waals surface area contributed by atoms with Crippen LogP contribution in [0.15, 0.2) is 88.0 Å². The molecule has 328 valence electrons. The van der Waals surface area contributed by atoms with Crippen molar-refractivity contribution < 1.29 is 43.2 Å². The summed E-state index contributed by atoms with van der Waals surface area (Å²) in [5, 5.41) is 11.6. The van der Waals surface area contributed by atoms with Crippen molar-refractivity contribution in [1.29, 1.82) is 0 Å². The van der Waals surface area contributed by atoms with Crippen LogP contribution >= 0.6 is 31.9 Å². The van der Waals surface area contributed by atoms with Crippen LogP contribution in [-0.4, -0.2) is 88.5 Å². The second-order valence-corrected chi connectivity index (χ2v) is 19.1. The lowest BCUT2D eigenvalue weighted by Crippen LogP contribution is -2.42. The molecule has 14 nitrogen and oxygen atoms in total. The molecule has 3 aromatic rings. The number of aromatic nitrogens is 1. The van der Waals surface area contributed by atoms with E-state index in [2.05, 4.69) is 73.1 Å². The van der Waals surface area contributed by atoms with Gasteiger partial charge >= 0.3 is 12.4 Å². The average molecular weight is 1010 g/mol. The number of fused-ring (bicyclic) bond motifs is 1. The van der Waals surface area contributed by atoms with Crippen LogP contribution in [0.25, 0.3) is 10.9 Å². The van der Waals surface area contributed by atoms with Gasteiger partial charge in [-0.3, -0.25) is 9.98 Å². The Balaban J connectivity index is 0.000000350. The molecule has 5 rings (SSSR count). The monoisotopic (exact) mass is 1010 g/mol. The predicted molar refractivity (Wildman–Crippen MR) is 227 cm³/mol. The molecule has 0 unspecified atom stereocenters. The number of hydrogen-bond donors (Lipinski definition) is 4. The lowest BCUT2D eigenvalue weighted by atomic mass is 9.97. The zero-order chi connectivity index (χ0) is 44.1. The number of hydrazone groups is 2. The minimum Gasteiger partial charge on any atom is -0.398 e. The van der Waals surface area contributed by atoms with Gasteiger partial charge in [0.1, 0.15) is 5.69 Å². The second kappa shape index (κ2) is 19.5. The number of sulfonamides is 2. The summed E-state index contributed by atoms with van der Waals surface area (Å²) < 4.78 is 127. The topological polar surface area (TPSA) is 190 Å². The third kappa shape index (κ3) is 14.5. The minimum absolute atomic E-state index is 0. The quantitative estimate of drug-likeness (QED) is 0.0827. The third-order valence-corrected chi connectivity index (χ3v) is 11.3. The number of nitrogens with zero attached hydrogens (tertiary/aromatic N) is 6. The van der Waals surface area contributed by atoms with Crippen LogP contribution in [0, 0.1) is 10.8 Å². The maximum Gasteiger partial charge on any atom is 0.431 e. The summed E-state index contributed by atoms with van der Waals surface area (Å²) in [6.07, 6.45) is -5.33. The first-order chi connectivity index (χ1) is 26.5. The van der Waals surface area contributed by atoms with Gasteiger partial charge in [-0.15, -0.1) is 0 Å². The lowest BCUT2D eigenvalue weighted by molar-refractivity contribution is -0.140. The Kier molecular flexibility index (Phi) is 16.8. The average Bonchev–Trinajstić information content (AvgIpc) is 3.80. The van der Waals surface area contributed by atoms with Crippen LogP contribution in [-0.2, 0) is 26.2 Å². The number of aliphatic imine (C=N–C) groups is 2. The summed E-state index contributed by atoms with van der Waals surface area (Å²) in [6.45, 7) is 15.9. The number of nitrogens with two attached hydrogens (primary N) is 1. The first-order valence-electron chi connectivity index (χ1n) is 17.0. The zero-order valence-corrected chi connectivity index (χ0v) is 36.8. The van der Waals surface area contributed by atoms with Gasteiger partial charge in [0.2, 0.25) is 11.9 Å². The first kappa shape index (κ1) is 51.0. The Bertz CT molecular complexity index is 2330. The summed E-state index contributed by atoms with van der Waals surface area (Å²) in [6, 6.07) is 9.04. The van der Waals surface area contributed by atoms with E-state index in [1.165, 1.54) is 41.4 Å². The molecule has 3 heterocycles. The summed E-state index contributed by atoms with van der Waals surface area (Å²) in [5.41, 5.74) is 5.05. The van der Waals surface area contributed by atoms with Gasteiger partial charge in [0.05, 0.1) is 27.4 Å². The number of benzene rings is 2. The molecule has 0 saturated carbocycles. The molecule has 0 aliphatic carbocycles. The van der Waals surface area contributed by atoms with Crippen LogP contribution in [0.5, 0.6) is 0 Å². The second-order valence-electron chi connectivity index (χ2n) is 13.9. The van der Waals surface area contributed by atoms with E-state index in [0.29, 0.717) is 36.3 Å². The molecule has 0 amide bonds. The molecule has 0 bridgehead atoms.